The van der Waals surface area contributed by atoms with Gasteiger partial charge in [-0.05, 0) is 12.8 Å². The molecule has 0 radical (unpaired) electrons. The molecule has 1 atom stereocenters. The zero-order valence-corrected chi connectivity index (χ0v) is 12.2. The first-order chi connectivity index (χ1) is 9.15. The summed E-state index contributed by atoms with van der Waals surface area (Å²) >= 11 is 0. The van der Waals surface area contributed by atoms with Gasteiger partial charge in [-0.25, -0.2) is 0 Å². The Morgan fingerprint density at radius 3 is 2.40 bits per heavy atom. The molecule has 0 aromatic heterocycles. The van der Waals surface area contributed by atoms with Gasteiger partial charge in [0.25, 0.3) is 10.1 Å². The molecule has 0 aliphatic rings. The number of hydrogen-bond acceptors (Lipinski definition) is 5. The molecule has 20 heavy (non-hydrogen) atoms. The maximum Gasteiger partial charge on any atom is 0.305 e. The van der Waals surface area contributed by atoms with Crippen molar-refractivity contribution in [3.05, 3.63) is 11.6 Å². The van der Waals surface area contributed by atoms with Gasteiger partial charge in [-0.2, -0.15) is 8.42 Å². The van der Waals surface area contributed by atoms with Crippen LogP contribution in [0.4, 0.5) is 0 Å². The van der Waals surface area contributed by atoms with E-state index in [9.17, 15) is 18.0 Å². The maximum atomic E-state index is 11.7. The lowest BCUT2D eigenvalue weighted by Crippen LogP contribution is -2.33. The predicted molar refractivity (Wildman–Crippen MR) is 73.9 cm³/mol. The number of carboxylic acid groups (broad SMARTS) is 1. The van der Waals surface area contributed by atoms with Gasteiger partial charge in [0, 0.05) is 6.42 Å². The summed E-state index contributed by atoms with van der Waals surface area (Å²) in [7, 11) is -4.10. The van der Waals surface area contributed by atoms with E-state index in [-0.39, 0.29) is 12.8 Å². The smallest absolute Gasteiger partial charge is 0.305 e. The highest BCUT2D eigenvalue weighted by Gasteiger charge is 2.19. The van der Waals surface area contributed by atoms with Crippen molar-refractivity contribution in [2.75, 3.05) is 5.75 Å². The second-order valence-corrected chi connectivity index (χ2v) is 6.11. The van der Waals surface area contributed by atoms with Crippen molar-refractivity contribution < 1.29 is 27.7 Å². The third kappa shape index (κ3) is 9.65. The van der Waals surface area contributed by atoms with E-state index in [2.05, 4.69) is 0 Å². The Labute approximate surface area is 118 Å². The molecular weight excluding hydrogens is 286 g/mol. The van der Waals surface area contributed by atoms with Crippen LogP contribution in [0.15, 0.2) is 11.6 Å². The molecule has 0 saturated heterocycles. The van der Waals surface area contributed by atoms with Crippen molar-refractivity contribution in [1.82, 2.24) is 0 Å². The third-order valence-corrected chi connectivity index (χ3v) is 3.33. The number of Topliss-reactive ketones (excluding diaryl/α,β-unsaturated/α-hetero) is 1. The molecule has 0 aromatic rings. The van der Waals surface area contributed by atoms with Gasteiger partial charge in [0.05, 0.1) is 18.2 Å². The lowest BCUT2D eigenvalue weighted by atomic mass is 9.99. The first-order valence-corrected chi connectivity index (χ1v) is 7.89. The molecule has 0 aliphatic carbocycles. The van der Waals surface area contributed by atoms with Crippen molar-refractivity contribution in [1.29, 1.82) is 0 Å². The highest BCUT2D eigenvalue weighted by molar-refractivity contribution is 7.85. The Morgan fingerprint density at radius 1 is 1.35 bits per heavy atom. The minimum atomic E-state index is -4.10. The number of unbranched alkanes of at least 4 members (excludes halogenated alkanes) is 1. The van der Waals surface area contributed by atoms with Crippen LogP contribution in [0, 0.1) is 0 Å². The second kappa shape index (κ2) is 8.83. The molecule has 1 unspecified atom stereocenters. The number of carbonyl (C=O) groups is 2. The molecular formula is C12H21NO6S. The van der Waals surface area contributed by atoms with E-state index in [1.54, 1.807) is 6.08 Å². The van der Waals surface area contributed by atoms with E-state index < -0.39 is 40.1 Å². The van der Waals surface area contributed by atoms with Gasteiger partial charge in [0.2, 0.25) is 0 Å². The third-order valence-electron chi connectivity index (χ3n) is 2.61. The minimum Gasteiger partial charge on any atom is -0.481 e. The van der Waals surface area contributed by atoms with Crippen LogP contribution in [0.1, 0.15) is 39.0 Å². The summed E-state index contributed by atoms with van der Waals surface area (Å²) in [6.45, 7) is 1.93. The van der Waals surface area contributed by atoms with Crippen molar-refractivity contribution in [3.8, 4) is 0 Å². The first-order valence-electron chi connectivity index (χ1n) is 6.28. The number of rotatable bonds is 10. The molecule has 0 saturated carbocycles. The molecule has 0 rings (SSSR count). The van der Waals surface area contributed by atoms with Crippen molar-refractivity contribution in [2.45, 2.75) is 45.1 Å². The number of aliphatic carboxylic acids is 1. The molecule has 0 fully saturated rings. The molecule has 0 amide bonds. The lowest BCUT2D eigenvalue weighted by molar-refractivity contribution is -0.139. The predicted octanol–water partition coefficient (Wildman–Crippen LogP) is 0.752. The standard InChI is InChI=1S/C12H21NO6S/c1-2-3-4-9(5-6-20(17,18)19)7-11(14)10(13)8-12(15)16/h4,10H,2-3,5-8,13H2,1H3,(H,15,16)(H,17,18,19)/b9-4+. The number of allylic oxidation sites excluding steroid dienone is 2. The second-order valence-electron chi connectivity index (χ2n) is 4.53. The molecule has 8 heteroatoms. The van der Waals surface area contributed by atoms with E-state index in [0.29, 0.717) is 12.0 Å². The average molecular weight is 307 g/mol. The van der Waals surface area contributed by atoms with Gasteiger partial charge >= 0.3 is 5.97 Å². The molecule has 0 aliphatic heterocycles. The Balaban J connectivity index is 4.64. The number of carbonyl (C=O) groups excluding carboxylic acids is 1. The van der Waals surface area contributed by atoms with Gasteiger partial charge in [-0.3, -0.25) is 14.1 Å². The summed E-state index contributed by atoms with van der Waals surface area (Å²) < 4.78 is 30.1. The highest BCUT2D eigenvalue weighted by Crippen LogP contribution is 2.13. The topological polar surface area (TPSA) is 135 Å². The van der Waals surface area contributed by atoms with Gasteiger partial charge in [-0.1, -0.05) is 25.0 Å². The number of carboxylic acids is 1. The quantitative estimate of drug-likeness (QED) is 0.400. The molecule has 0 spiro atoms. The van der Waals surface area contributed by atoms with E-state index in [1.165, 1.54) is 0 Å². The van der Waals surface area contributed by atoms with Crippen LogP contribution in [0.2, 0.25) is 0 Å². The largest absolute Gasteiger partial charge is 0.481 e. The summed E-state index contributed by atoms with van der Waals surface area (Å²) in [6, 6.07) is -1.11. The molecule has 0 aromatic carbocycles. The highest BCUT2D eigenvalue weighted by atomic mass is 32.2. The monoisotopic (exact) mass is 307 g/mol. The van der Waals surface area contributed by atoms with Crippen LogP contribution < -0.4 is 5.73 Å². The summed E-state index contributed by atoms with van der Waals surface area (Å²) in [5.41, 5.74) is 6.00. The fourth-order valence-electron chi connectivity index (χ4n) is 1.53. The summed E-state index contributed by atoms with van der Waals surface area (Å²) in [5.74, 6) is -2.09. The van der Waals surface area contributed by atoms with E-state index in [0.717, 1.165) is 6.42 Å². The average Bonchev–Trinajstić information content (AvgIpc) is 2.30. The fourth-order valence-corrected chi connectivity index (χ4v) is 2.05. The summed E-state index contributed by atoms with van der Waals surface area (Å²) in [6.07, 6.45) is 2.70. The Hall–Kier alpha value is -1.25. The van der Waals surface area contributed by atoms with Gasteiger partial charge in [-0.15, -0.1) is 0 Å². The van der Waals surface area contributed by atoms with E-state index in [1.807, 2.05) is 6.92 Å². The van der Waals surface area contributed by atoms with Crippen LogP contribution in [0.25, 0.3) is 0 Å². The van der Waals surface area contributed by atoms with Crippen LogP contribution in [0.3, 0.4) is 0 Å². The van der Waals surface area contributed by atoms with Gasteiger partial charge < -0.3 is 10.8 Å². The number of hydrogen-bond donors (Lipinski definition) is 3. The molecule has 4 N–H and O–H groups in total. The molecule has 116 valence electrons. The zero-order chi connectivity index (χ0) is 15.8. The molecule has 7 nitrogen and oxygen atoms in total. The molecule has 0 bridgehead atoms. The number of nitrogens with two attached hydrogens (primary N) is 1. The molecule has 0 heterocycles. The van der Waals surface area contributed by atoms with Crippen LogP contribution in [-0.2, 0) is 19.7 Å². The van der Waals surface area contributed by atoms with Crippen molar-refractivity contribution in [3.63, 3.8) is 0 Å². The van der Waals surface area contributed by atoms with Crippen LogP contribution >= 0.6 is 0 Å². The van der Waals surface area contributed by atoms with Crippen LogP contribution in [0.5, 0.6) is 0 Å². The minimum absolute atomic E-state index is 0.0321. The van der Waals surface area contributed by atoms with E-state index in [4.69, 9.17) is 15.4 Å². The maximum absolute atomic E-state index is 11.7. The Morgan fingerprint density at radius 2 is 1.95 bits per heavy atom. The number of ketones is 1. The Kier molecular flexibility index (Phi) is 8.28. The lowest BCUT2D eigenvalue weighted by Gasteiger charge is -2.10. The van der Waals surface area contributed by atoms with Crippen molar-refractivity contribution in [2.24, 2.45) is 5.73 Å². The zero-order valence-electron chi connectivity index (χ0n) is 11.4. The summed E-state index contributed by atoms with van der Waals surface area (Å²) in [4.78, 5) is 22.2. The normalized spacial score (nSPS) is 14.1. The van der Waals surface area contributed by atoms with Gasteiger partial charge in [0.1, 0.15) is 0 Å². The van der Waals surface area contributed by atoms with E-state index >= 15 is 0 Å². The summed E-state index contributed by atoms with van der Waals surface area (Å²) in [5, 5.41) is 8.56. The SMILES string of the molecule is CCC/C=C(\CCS(=O)(=O)O)CC(=O)C(N)CC(=O)O. The van der Waals surface area contributed by atoms with Crippen LogP contribution in [-0.4, -0.2) is 41.6 Å². The fraction of sp³-hybridized carbons (Fsp3) is 0.667. The van der Waals surface area contributed by atoms with Gasteiger partial charge in [0.15, 0.2) is 5.78 Å². The van der Waals surface area contributed by atoms with Crippen molar-refractivity contribution >= 4 is 21.9 Å². The first kappa shape index (κ1) is 18.8. The Bertz CT molecular complexity index is 468.